The van der Waals surface area contributed by atoms with Gasteiger partial charge in [0, 0.05) is 24.9 Å². The summed E-state index contributed by atoms with van der Waals surface area (Å²) in [5, 5.41) is 0. The zero-order chi connectivity index (χ0) is 15.6. The summed E-state index contributed by atoms with van der Waals surface area (Å²) in [5.74, 6) is -0.381. The van der Waals surface area contributed by atoms with Crippen molar-refractivity contribution in [3.05, 3.63) is 29.6 Å². The molecule has 1 aromatic rings. The van der Waals surface area contributed by atoms with Gasteiger partial charge in [-0.1, -0.05) is 0 Å². The number of hydrogen-bond acceptors (Lipinski definition) is 5. The summed E-state index contributed by atoms with van der Waals surface area (Å²) in [7, 11) is 0. The number of esters is 1. The molecule has 0 spiro atoms. The van der Waals surface area contributed by atoms with Crippen LogP contribution in [0, 0.1) is 0 Å². The fraction of sp³-hybridized carbons (Fsp3) is 0.533. The van der Waals surface area contributed by atoms with Gasteiger partial charge in [-0.05, 0) is 32.4 Å². The van der Waals surface area contributed by atoms with Gasteiger partial charge in [-0.2, -0.15) is 0 Å². The van der Waals surface area contributed by atoms with Crippen molar-refractivity contribution < 1.29 is 19.1 Å². The maximum absolute atomic E-state index is 12.2. The van der Waals surface area contributed by atoms with Crippen molar-refractivity contribution in [2.24, 2.45) is 0 Å². The first-order chi connectivity index (χ1) is 9.76. The summed E-state index contributed by atoms with van der Waals surface area (Å²) in [5.41, 5.74) is 1.18. The minimum atomic E-state index is -0.566. The molecule has 6 heteroatoms. The maximum Gasteiger partial charge on any atom is 0.410 e. The van der Waals surface area contributed by atoms with Gasteiger partial charge in [0.15, 0.2) is 0 Å². The van der Waals surface area contributed by atoms with Crippen LogP contribution in [0.25, 0.3) is 0 Å². The molecule has 1 unspecified atom stereocenters. The van der Waals surface area contributed by atoms with E-state index in [0.29, 0.717) is 6.54 Å². The van der Waals surface area contributed by atoms with Crippen molar-refractivity contribution in [2.75, 3.05) is 6.54 Å². The molecule has 0 aliphatic carbocycles. The number of pyridine rings is 1. The predicted molar refractivity (Wildman–Crippen MR) is 75.4 cm³/mol. The minimum Gasteiger partial charge on any atom is -0.456 e. The largest absolute Gasteiger partial charge is 0.456 e. The standard InChI is InChI=1S/C15H20N2O4/c1-10(18)20-13-9-17(14(19)21-15(2,3)4)8-11-7-16-6-5-12(11)13/h5-7,13H,8-9H2,1-4H3. The normalized spacial score (nSPS) is 17.9. The molecule has 0 saturated carbocycles. The Bertz CT molecular complexity index is 551. The summed E-state index contributed by atoms with van der Waals surface area (Å²) in [6.45, 7) is 7.48. The lowest BCUT2D eigenvalue weighted by Gasteiger charge is -2.34. The van der Waals surface area contributed by atoms with E-state index < -0.39 is 17.8 Å². The van der Waals surface area contributed by atoms with Gasteiger partial charge in [-0.25, -0.2) is 4.79 Å². The molecule has 0 saturated heterocycles. The Labute approximate surface area is 124 Å². The van der Waals surface area contributed by atoms with E-state index in [0.717, 1.165) is 11.1 Å². The van der Waals surface area contributed by atoms with E-state index in [2.05, 4.69) is 4.98 Å². The number of amides is 1. The summed E-state index contributed by atoms with van der Waals surface area (Å²) in [6, 6.07) is 1.81. The highest BCUT2D eigenvalue weighted by atomic mass is 16.6. The van der Waals surface area contributed by atoms with Crippen molar-refractivity contribution in [1.82, 2.24) is 9.88 Å². The van der Waals surface area contributed by atoms with Crippen LogP contribution in [0.4, 0.5) is 4.79 Å². The SMILES string of the molecule is CC(=O)OC1CN(C(=O)OC(C)(C)C)Cc2cnccc21. The fourth-order valence-corrected chi connectivity index (χ4v) is 2.22. The Balaban J connectivity index is 2.21. The number of rotatable bonds is 1. The lowest BCUT2D eigenvalue weighted by Crippen LogP contribution is -2.42. The summed E-state index contributed by atoms with van der Waals surface area (Å²) in [6.07, 6.45) is 2.43. The topological polar surface area (TPSA) is 68.7 Å². The smallest absolute Gasteiger partial charge is 0.410 e. The zero-order valence-corrected chi connectivity index (χ0v) is 12.8. The summed E-state index contributed by atoms with van der Waals surface area (Å²) < 4.78 is 10.7. The van der Waals surface area contributed by atoms with Crippen molar-refractivity contribution in [2.45, 2.75) is 45.9 Å². The molecule has 2 heterocycles. The Morgan fingerprint density at radius 3 is 2.71 bits per heavy atom. The molecule has 2 rings (SSSR count). The van der Waals surface area contributed by atoms with Gasteiger partial charge in [0.1, 0.15) is 11.7 Å². The third kappa shape index (κ3) is 3.93. The van der Waals surface area contributed by atoms with Crippen LogP contribution in [0.1, 0.15) is 44.9 Å². The molecule has 0 N–H and O–H groups in total. The van der Waals surface area contributed by atoms with E-state index in [-0.39, 0.29) is 12.5 Å². The fourth-order valence-electron chi connectivity index (χ4n) is 2.22. The van der Waals surface area contributed by atoms with Crippen LogP contribution >= 0.6 is 0 Å². The molecule has 0 fully saturated rings. The average Bonchev–Trinajstić information content (AvgIpc) is 2.36. The van der Waals surface area contributed by atoms with E-state index in [1.807, 2.05) is 26.8 Å². The third-order valence-corrected chi connectivity index (χ3v) is 3.00. The molecule has 21 heavy (non-hydrogen) atoms. The lowest BCUT2D eigenvalue weighted by molar-refractivity contribution is -0.148. The highest BCUT2D eigenvalue weighted by Gasteiger charge is 2.32. The molecule has 114 valence electrons. The number of aromatic nitrogens is 1. The highest BCUT2D eigenvalue weighted by molar-refractivity contribution is 5.69. The average molecular weight is 292 g/mol. The lowest BCUT2D eigenvalue weighted by atomic mass is 10.00. The van der Waals surface area contributed by atoms with E-state index in [1.54, 1.807) is 12.4 Å². The monoisotopic (exact) mass is 292 g/mol. The van der Waals surface area contributed by atoms with Crippen molar-refractivity contribution in [3.63, 3.8) is 0 Å². The number of carbonyl (C=O) groups is 2. The Kier molecular flexibility index (Phi) is 4.16. The van der Waals surface area contributed by atoms with Crippen LogP contribution in [0.5, 0.6) is 0 Å². The number of fused-ring (bicyclic) bond motifs is 1. The van der Waals surface area contributed by atoms with Crippen LogP contribution in [0.2, 0.25) is 0 Å². The van der Waals surface area contributed by atoms with Crippen molar-refractivity contribution in [1.29, 1.82) is 0 Å². The number of ether oxygens (including phenoxy) is 2. The zero-order valence-electron chi connectivity index (χ0n) is 12.8. The second kappa shape index (κ2) is 5.71. The van der Waals surface area contributed by atoms with Crippen LogP contribution < -0.4 is 0 Å². The minimum absolute atomic E-state index is 0.283. The van der Waals surface area contributed by atoms with Gasteiger partial charge in [0.05, 0.1) is 13.1 Å². The number of nitrogens with zero attached hydrogens (tertiary/aromatic N) is 2. The van der Waals surface area contributed by atoms with Gasteiger partial charge in [0.25, 0.3) is 0 Å². The van der Waals surface area contributed by atoms with Crippen LogP contribution in [-0.2, 0) is 20.8 Å². The van der Waals surface area contributed by atoms with E-state index >= 15 is 0 Å². The number of carbonyl (C=O) groups excluding carboxylic acids is 2. The predicted octanol–water partition coefficient (Wildman–Crippen LogP) is 2.44. The van der Waals surface area contributed by atoms with Crippen LogP contribution in [-0.4, -0.2) is 34.1 Å². The van der Waals surface area contributed by atoms with Gasteiger partial charge >= 0.3 is 12.1 Å². The molecule has 1 aliphatic rings. The Hall–Kier alpha value is -2.11. The molecule has 1 aliphatic heterocycles. The number of hydrogen-bond donors (Lipinski definition) is 0. The van der Waals surface area contributed by atoms with Gasteiger partial charge in [-0.15, -0.1) is 0 Å². The van der Waals surface area contributed by atoms with Crippen LogP contribution in [0.15, 0.2) is 18.5 Å². The molecule has 1 atom stereocenters. The molecule has 1 amide bonds. The van der Waals surface area contributed by atoms with Gasteiger partial charge in [0.2, 0.25) is 0 Å². The second-order valence-corrected chi connectivity index (χ2v) is 6.03. The third-order valence-electron chi connectivity index (χ3n) is 3.00. The van der Waals surface area contributed by atoms with E-state index in [4.69, 9.17) is 9.47 Å². The Morgan fingerprint density at radius 2 is 2.10 bits per heavy atom. The van der Waals surface area contributed by atoms with Crippen molar-refractivity contribution in [3.8, 4) is 0 Å². The van der Waals surface area contributed by atoms with E-state index in [9.17, 15) is 9.59 Å². The first kappa shape index (κ1) is 15.3. The summed E-state index contributed by atoms with van der Waals surface area (Å²) in [4.78, 5) is 29.0. The Morgan fingerprint density at radius 1 is 1.38 bits per heavy atom. The second-order valence-electron chi connectivity index (χ2n) is 6.03. The van der Waals surface area contributed by atoms with E-state index in [1.165, 1.54) is 11.8 Å². The molecule has 0 aromatic carbocycles. The first-order valence-electron chi connectivity index (χ1n) is 6.84. The molecular formula is C15H20N2O4. The molecule has 0 radical (unpaired) electrons. The first-order valence-corrected chi connectivity index (χ1v) is 6.84. The van der Waals surface area contributed by atoms with Gasteiger partial charge < -0.3 is 9.47 Å². The molecule has 1 aromatic heterocycles. The molecule has 0 bridgehead atoms. The quantitative estimate of drug-likeness (QED) is 0.744. The van der Waals surface area contributed by atoms with Crippen LogP contribution in [0.3, 0.4) is 0 Å². The molecule has 6 nitrogen and oxygen atoms in total. The van der Waals surface area contributed by atoms with Gasteiger partial charge in [-0.3, -0.25) is 14.7 Å². The maximum atomic E-state index is 12.2. The van der Waals surface area contributed by atoms with Crippen molar-refractivity contribution >= 4 is 12.1 Å². The molecular weight excluding hydrogens is 272 g/mol. The summed E-state index contributed by atoms with van der Waals surface area (Å²) >= 11 is 0. The highest BCUT2D eigenvalue weighted by Crippen LogP contribution is 2.29.